The highest BCUT2D eigenvalue weighted by atomic mass is 35.5. The molecule has 1 aromatic rings. The molecule has 0 spiro atoms. The smallest absolute Gasteiger partial charge is 0.336 e. The van der Waals surface area contributed by atoms with Gasteiger partial charge in [0.1, 0.15) is 0 Å². The summed E-state index contributed by atoms with van der Waals surface area (Å²) in [5.74, 6) is -1.48. The standard InChI is InChI=1S/C16H15ClN2O5/c1-8-12(15(17)20)14(13(9(2)18-8)16(21)24-3)10-5-4-6-11(7-10)19(22)23/h4-7,14,18H,1-3H3. The molecule has 0 bridgehead atoms. The molecule has 0 fully saturated rings. The van der Waals surface area contributed by atoms with E-state index >= 15 is 0 Å². The molecule has 1 heterocycles. The van der Waals surface area contributed by atoms with Crippen molar-refractivity contribution in [3.05, 3.63) is 62.5 Å². The SMILES string of the molecule is COC(=O)C1=C(C)NC(C)=C(C(=O)Cl)C1c1cccc([N+](=O)[O-])c1. The van der Waals surface area contributed by atoms with Gasteiger partial charge in [-0.15, -0.1) is 0 Å². The number of nitrogens with zero attached hydrogens (tertiary/aromatic N) is 1. The van der Waals surface area contributed by atoms with Crippen molar-refractivity contribution in [1.82, 2.24) is 5.32 Å². The van der Waals surface area contributed by atoms with E-state index in [1.165, 1.54) is 25.3 Å². The van der Waals surface area contributed by atoms with Gasteiger partial charge in [-0.2, -0.15) is 0 Å². The summed E-state index contributed by atoms with van der Waals surface area (Å²) in [4.78, 5) is 34.6. The number of allylic oxidation sites excluding steroid dienone is 3. The van der Waals surface area contributed by atoms with Crippen LogP contribution in [0.3, 0.4) is 0 Å². The van der Waals surface area contributed by atoms with Crippen LogP contribution in [-0.2, 0) is 14.3 Å². The van der Waals surface area contributed by atoms with Crippen molar-refractivity contribution in [3.8, 4) is 0 Å². The summed E-state index contributed by atoms with van der Waals surface area (Å²) in [7, 11) is 1.22. The number of halogens is 1. The monoisotopic (exact) mass is 350 g/mol. The maximum Gasteiger partial charge on any atom is 0.336 e. The molecule has 0 saturated heterocycles. The summed E-state index contributed by atoms with van der Waals surface area (Å²) in [5, 5.41) is 13.2. The number of hydrogen-bond donors (Lipinski definition) is 1. The van der Waals surface area contributed by atoms with Gasteiger partial charge < -0.3 is 10.1 Å². The molecule has 0 saturated carbocycles. The van der Waals surface area contributed by atoms with E-state index in [1.54, 1.807) is 19.9 Å². The lowest BCUT2D eigenvalue weighted by atomic mass is 9.81. The van der Waals surface area contributed by atoms with Crippen LogP contribution in [0.1, 0.15) is 25.3 Å². The Morgan fingerprint density at radius 2 is 1.88 bits per heavy atom. The van der Waals surface area contributed by atoms with Crippen molar-refractivity contribution in [2.75, 3.05) is 7.11 Å². The fraction of sp³-hybridized carbons (Fsp3) is 0.250. The molecule has 1 aromatic carbocycles. The quantitative estimate of drug-likeness (QED) is 0.388. The first-order valence-corrected chi connectivity index (χ1v) is 7.36. The van der Waals surface area contributed by atoms with Gasteiger partial charge in [-0.25, -0.2) is 4.79 Å². The van der Waals surface area contributed by atoms with Gasteiger partial charge in [-0.05, 0) is 31.0 Å². The minimum Gasteiger partial charge on any atom is -0.466 e. The van der Waals surface area contributed by atoms with Gasteiger partial charge >= 0.3 is 5.97 Å². The van der Waals surface area contributed by atoms with Gasteiger partial charge in [-0.1, -0.05) is 12.1 Å². The molecule has 0 radical (unpaired) electrons. The van der Waals surface area contributed by atoms with Gasteiger partial charge in [0.15, 0.2) is 0 Å². The molecule has 126 valence electrons. The molecule has 24 heavy (non-hydrogen) atoms. The van der Waals surface area contributed by atoms with Crippen LogP contribution in [0.4, 0.5) is 5.69 Å². The Hall–Kier alpha value is -2.67. The van der Waals surface area contributed by atoms with Gasteiger partial charge in [0.25, 0.3) is 10.9 Å². The molecule has 2 rings (SSSR count). The highest BCUT2D eigenvalue weighted by Gasteiger charge is 2.36. The third-order valence-electron chi connectivity index (χ3n) is 3.79. The lowest BCUT2D eigenvalue weighted by molar-refractivity contribution is -0.384. The van der Waals surface area contributed by atoms with Crippen molar-refractivity contribution < 1.29 is 19.2 Å². The minimum atomic E-state index is -0.844. The highest BCUT2D eigenvalue weighted by molar-refractivity contribution is 6.68. The normalized spacial score (nSPS) is 17.4. The molecular formula is C16H15ClN2O5. The van der Waals surface area contributed by atoms with Crippen LogP contribution in [0.2, 0.25) is 0 Å². The van der Waals surface area contributed by atoms with Crippen LogP contribution in [-0.4, -0.2) is 23.2 Å². The molecule has 0 aliphatic carbocycles. The molecular weight excluding hydrogens is 336 g/mol. The lowest BCUT2D eigenvalue weighted by Gasteiger charge is -2.29. The first kappa shape index (κ1) is 17.7. The molecule has 1 N–H and O–H groups in total. The molecule has 1 atom stereocenters. The molecule has 8 heteroatoms. The number of nitro benzene ring substituents is 1. The Morgan fingerprint density at radius 3 is 2.42 bits per heavy atom. The van der Waals surface area contributed by atoms with Crippen molar-refractivity contribution in [1.29, 1.82) is 0 Å². The average Bonchev–Trinajstić information content (AvgIpc) is 2.53. The lowest BCUT2D eigenvalue weighted by Crippen LogP contribution is -2.30. The fourth-order valence-corrected chi connectivity index (χ4v) is 3.04. The number of non-ortho nitro benzene ring substituents is 1. The van der Waals surface area contributed by atoms with Crippen LogP contribution in [0.25, 0.3) is 0 Å². The Labute approximate surface area is 143 Å². The van der Waals surface area contributed by atoms with Gasteiger partial charge in [0.2, 0.25) is 0 Å². The number of carbonyl (C=O) groups is 2. The third kappa shape index (κ3) is 3.16. The van der Waals surface area contributed by atoms with Crippen molar-refractivity contribution in [2.45, 2.75) is 19.8 Å². The summed E-state index contributed by atoms with van der Waals surface area (Å²) in [5.41, 5.74) is 1.59. The molecule has 1 aliphatic heterocycles. The van der Waals surface area contributed by atoms with Crippen LogP contribution < -0.4 is 5.32 Å². The number of esters is 1. The van der Waals surface area contributed by atoms with Crippen molar-refractivity contribution in [3.63, 3.8) is 0 Å². The zero-order valence-corrected chi connectivity index (χ0v) is 14.0. The third-order valence-corrected chi connectivity index (χ3v) is 4.00. The second kappa shape index (κ2) is 6.84. The summed E-state index contributed by atoms with van der Waals surface area (Å²) in [6.07, 6.45) is 0. The topological polar surface area (TPSA) is 98.5 Å². The van der Waals surface area contributed by atoms with Crippen LogP contribution >= 0.6 is 11.6 Å². The van der Waals surface area contributed by atoms with E-state index < -0.39 is 22.1 Å². The first-order chi connectivity index (χ1) is 11.3. The Kier molecular flexibility index (Phi) is 5.04. The second-order valence-electron chi connectivity index (χ2n) is 5.25. The number of dihydropyridines is 1. The molecule has 1 unspecified atom stereocenters. The van der Waals surface area contributed by atoms with E-state index in [0.29, 0.717) is 17.0 Å². The second-order valence-corrected chi connectivity index (χ2v) is 5.60. The summed E-state index contributed by atoms with van der Waals surface area (Å²) < 4.78 is 4.81. The number of rotatable bonds is 4. The zero-order chi connectivity index (χ0) is 18.0. The highest BCUT2D eigenvalue weighted by Crippen LogP contribution is 2.40. The predicted octanol–water partition coefficient (Wildman–Crippen LogP) is 2.77. The average molecular weight is 351 g/mol. The van der Waals surface area contributed by atoms with Crippen molar-refractivity contribution in [2.24, 2.45) is 0 Å². The number of benzene rings is 1. The Morgan fingerprint density at radius 1 is 1.25 bits per heavy atom. The number of methoxy groups -OCH3 is 1. The van der Waals surface area contributed by atoms with Gasteiger partial charge in [0.05, 0.1) is 17.6 Å². The molecule has 0 amide bonds. The van der Waals surface area contributed by atoms with E-state index in [0.717, 1.165) is 0 Å². The number of carbonyl (C=O) groups excluding carboxylic acids is 2. The largest absolute Gasteiger partial charge is 0.466 e. The van der Waals surface area contributed by atoms with Crippen LogP contribution in [0.15, 0.2) is 46.8 Å². The van der Waals surface area contributed by atoms with Gasteiger partial charge in [0, 0.05) is 35.0 Å². The van der Waals surface area contributed by atoms with E-state index in [4.69, 9.17) is 16.3 Å². The summed E-state index contributed by atoms with van der Waals surface area (Å²) >= 11 is 5.71. The Bertz CT molecular complexity index is 797. The summed E-state index contributed by atoms with van der Waals surface area (Å²) in [6, 6.07) is 5.74. The predicted molar refractivity (Wildman–Crippen MR) is 87.2 cm³/mol. The van der Waals surface area contributed by atoms with Gasteiger partial charge in [-0.3, -0.25) is 14.9 Å². The number of nitrogens with one attached hydrogen (secondary N) is 1. The maximum absolute atomic E-state index is 12.2. The first-order valence-electron chi connectivity index (χ1n) is 6.99. The van der Waals surface area contributed by atoms with E-state index in [9.17, 15) is 19.7 Å². The van der Waals surface area contributed by atoms with Crippen molar-refractivity contribution >= 4 is 28.5 Å². The zero-order valence-electron chi connectivity index (χ0n) is 13.3. The van der Waals surface area contributed by atoms with E-state index in [-0.39, 0.29) is 16.8 Å². The molecule has 0 aromatic heterocycles. The van der Waals surface area contributed by atoms with E-state index in [1.807, 2.05) is 0 Å². The van der Waals surface area contributed by atoms with Crippen LogP contribution in [0, 0.1) is 10.1 Å². The number of nitro groups is 1. The Balaban J connectivity index is 2.72. The minimum absolute atomic E-state index is 0.146. The molecule has 7 nitrogen and oxygen atoms in total. The maximum atomic E-state index is 12.2. The van der Waals surface area contributed by atoms with E-state index in [2.05, 4.69) is 5.32 Å². The number of hydrogen-bond acceptors (Lipinski definition) is 6. The summed E-state index contributed by atoms with van der Waals surface area (Å²) in [6.45, 7) is 3.31. The fourth-order valence-electron chi connectivity index (χ4n) is 2.79. The number of ether oxygens (including phenoxy) is 1. The molecule has 1 aliphatic rings. The van der Waals surface area contributed by atoms with Crippen LogP contribution in [0.5, 0.6) is 0 Å².